The molecule has 1 amide bonds. The summed E-state index contributed by atoms with van der Waals surface area (Å²) < 4.78 is 9.75. The first-order valence-corrected chi connectivity index (χ1v) is 5.24. The Morgan fingerprint density at radius 3 is 3.00 bits per heavy atom. The van der Waals surface area contributed by atoms with E-state index in [-0.39, 0.29) is 0 Å². The molecule has 0 heterocycles. The van der Waals surface area contributed by atoms with Gasteiger partial charge >= 0.3 is 6.09 Å². The number of alkyl carbamates (subject to hydrolysis) is 1. The monoisotopic (exact) mass is 243 g/mol. The molecule has 1 aromatic rings. The van der Waals surface area contributed by atoms with Gasteiger partial charge in [-0.15, -0.1) is 0 Å². The molecule has 1 rings (SSSR count). The van der Waals surface area contributed by atoms with E-state index in [1.54, 1.807) is 0 Å². The van der Waals surface area contributed by atoms with Crippen LogP contribution in [0, 0.1) is 0 Å². The van der Waals surface area contributed by atoms with Crippen LogP contribution >= 0.6 is 11.6 Å². The molecule has 1 aromatic carbocycles. The first kappa shape index (κ1) is 12.8. The molecule has 0 radical (unpaired) electrons. The van der Waals surface area contributed by atoms with Gasteiger partial charge in [-0.3, -0.25) is 0 Å². The van der Waals surface area contributed by atoms with E-state index in [0.29, 0.717) is 24.8 Å². The quantitative estimate of drug-likeness (QED) is 0.807. The number of hydrogen-bond donors (Lipinski definition) is 1. The maximum atomic E-state index is 10.7. The standard InChI is InChI=1S/C11H14ClNO3/c1-15-11(14)13-5-6-16-8-9-3-2-4-10(12)7-9/h2-4,7H,5-6,8H2,1H3,(H,13,14). The van der Waals surface area contributed by atoms with Gasteiger partial charge in [-0.1, -0.05) is 23.7 Å². The highest BCUT2D eigenvalue weighted by atomic mass is 35.5. The first-order chi connectivity index (χ1) is 7.72. The third kappa shape index (κ3) is 5.00. The molecule has 0 aliphatic carbocycles. The lowest BCUT2D eigenvalue weighted by Crippen LogP contribution is -2.26. The number of hydrogen-bond acceptors (Lipinski definition) is 3. The van der Waals surface area contributed by atoms with E-state index in [2.05, 4.69) is 10.1 Å². The van der Waals surface area contributed by atoms with E-state index >= 15 is 0 Å². The molecule has 0 atom stereocenters. The van der Waals surface area contributed by atoms with Crippen molar-refractivity contribution in [2.24, 2.45) is 0 Å². The van der Waals surface area contributed by atoms with Crippen LogP contribution < -0.4 is 5.32 Å². The minimum absolute atomic E-state index is 0.424. The highest BCUT2D eigenvalue weighted by Gasteiger charge is 1.97. The molecule has 0 saturated carbocycles. The topological polar surface area (TPSA) is 47.6 Å². The lowest BCUT2D eigenvalue weighted by atomic mass is 10.2. The number of amides is 1. The summed E-state index contributed by atoms with van der Waals surface area (Å²) in [5.41, 5.74) is 1.01. The van der Waals surface area contributed by atoms with Crippen LogP contribution in [0.5, 0.6) is 0 Å². The van der Waals surface area contributed by atoms with Crippen LogP contribution in [0.25, 0.3) is 0 Å². The third-order valence-electron chi connectivity index (χ3n) is 1.86. The fourth-order valence-electron chi connectivity index (χ4n) is 1.11. The smallest absolute Gasteiger partial charge is 0.406 e. The molecule has 0 saturated heterocycles. The van der Waals surface area contributed by atoms with Gasteiger partial charge in [0.1, 0.15) is 0 Å². The summed E-state index contributed by atoms with van der Waals surface area (Å²) in [4.78, 5) is 10.7. The van der Waals surface area contributed by atoms with Gasteiger partial charge in [-0.2, -0.15) is 0 Å². The molecule has 0 fully saturated rings. The SMILES string of the molecule is COC(=O)NCCOCc1cccc(Cl)c1. The molecule has 0 aliphatic rings. The first-order valence-electron chi connectivity index (χ1n) is 4.86. The van der Waals surface area contributed by atoms with E-state index in [9.17, 15) is 4.79 Å². The van der Waals surface area contributed by atoms with E-state index in [4.69, 9.17) is 16.3 Å². The van der Waals surface area contributed by atoms with Crippen LogP contribution in [-0.4, -0.2) is 26.4 Å². The Morgan fingerprint density at radius 1 is 1.50 bits per heavy atom. The Hall–Kier alpha value is -1.26. The van der Waals surface area contributed by atoms with Crippen molar-refractivity contribution in [2.45, 2.75) is 6.61 Å². The molecular formula is C11H14ClNO3. The minimum atomic E-state index is -0.452. The molecule has 1 N–H and O–H groups in total. The highest BCUT2D eigenvalue weighted by molar-refractivity contribution is 6.30. The van der Waals surface area contributed by atoms with Crippen molar-refractivity contribution in [3.63, 3.8) is 0 Å². The van der Waals surface area contributed by atoms with E-state index in [0.717, 1.165) is 5.56 Å². The summed E-state index contributed by atoms with van der Waals surface area (Å²) in [6.45, 7) is 1.33. The van der Waals surface area contributed by atoms with Gasteiger partial charge in [0.05, 0.1) is 20.3 Å². The number of nitrogens with one attached hydrogen (secondary N) is 1. The van der Waals surface area contributed by atoms with E-state index in [1.165, 1.54) is 7.11 Å². The van der Waals surface area contributed by atoms with Crippen molar-refractivity contribution < 1.29 is 14.3 Å². The van der Waals surface area contributed by atoms with Crippen molar-refractivity contribution in [1.82, 2.24) is 5.32 Å². The molecule has 0 spiro atoms. The number of carbonyl (C=O) groups is 1. The van der Waals surface area contributed by atoms with Crippen LogP contribution in [0.4, 0.5) is 4.79 Å². The maximum absolute atomic E-state index is 10.7. The summed E-state index contributed by atoms with van der Waals surface area (Å²) in [6, 6.07) is 7.45. The zero-order valence-corrected chi connectivity index (χ0v) is 9.79. The lowest BCUT2D eigenvalue weighted by molar-refractivity contribution is 0.118. The molecule has 0 aromatic heterocycles. The van der Waals surface area contributed by atoms with Crippen molar-refractivity contribution in [3.8, 4) is 0 Å². The zero-order valence-electron chi connectivity index (χ0n) is 9.03. The Kier molecular flexibility index (Phi) is 5.67. The van der Waals surface area contributed by atoms with Crippen molar-refractivity contribution in [3.05, 3.63) is 34.9 Å². The van der Waals surface area contributed by atoms with Gasteiger partial charge in [0.2, 0.25) is 0 Å². The highest BCUT2D eigenvalue weighted by Crippen LogP contribution is 2.11. The Bertz CT molecular complexity index is 344. The fraction of sp³-hybridized carbons (Fsp3) is 0.364. The van der Waals surface area contributed by atoms with Crippen LogP contribution in [0.1, 0.15) is 5.56 Å². The number of ether oxygens (including phenoxy) is 2. The largest absolute Gasteiger partial charge is 0.453 e. The van der Waals surface area contributed by atoms with E-state index in [1.807, 2.05) is 24.3 Å². The minimum Gasteiger partial charge on any atom is -0.453 e. The van der Waals surface area contributed by atoms with Crippen LogP contribution in [-0.2, 0) is 16.1 Å². The van der Waals surface area contributed by atoms with Gasteiger partial charge in [0.15, 0.2) is 0 Å². The second kappa shape index (κ2) is 7.09. The molecule has 88 valence electrons. The van der Waals surface area contributed by atoms with Crippen molar-refractivity contribution >= 4 is 17.7 Å². The van der Waals surface area contributed by atoms with Gasteiger partial charge in [-0.25, -0.2) is 4.79 Å². The second-order valence-corrected chi connectivity index (χ2v) is 3.54. The van der Waals surface area contributed by atoms with Gasteiger partial charge in [-0.05, 0) is 17.7 Å². The Morgan fingerprint density at radius 2 is 2.31 bits per heavy atom. The van der Waals surface area contributed by atoms with Crippen LogP contribution in [0.3, 0.4) is 0 Å². The lowest BCUT2D eigenvalue weighted by Gasteiger charge is -2.05. The molecule has 4 nitrogen and oxygen atoms in total. The third-order valence-corrected chi connectivity index (χ3v) is 2.09. The van der Waals surface area contributed by atoms with Gasteiger partial charge in [0.25, 0.3) is 0 Å². The summed E-state index contributed by atoms with van der Waals surface area (Å²) in [7, 11) is 1.32. The number of benzene rings is 1. The summed E-state index contributed by atoms with van der Waals surface area (Å²) in [6.07, 6.45) is -0.452. The average molecular weight is 244 g/mol. The molecular weight excluding hydrogens is 230 g/mol. The maximum Gasteiger partial charge on any atom is 0.406 e. The average Bonchev–Trinajstić information content (AvgIpc) is 2.28. The second-order valence-electron chi connectivity index (χ2n) is 3.10. The molecule has 16 heavy (non-hydrogen) atoms. The molecule has 0 bridgehead atoms. The van der Waals surface area contributed by atoms with Crippen LogP contribution in [0.15, 0.2) is 24.3 Å². The molecule has 0 aliphatic heterocycles. The van der Waals surface area contributed by atoms with Crippen LogP contribution in [0.2, 0.25) is 5.02 Å². The van der Waals surface area contributed by atoms with Gasteiger partial charge < -0.3 is 14.8 Å². The normalized spacial score (nSPS) is 9.88. The number of methoxy groups -OCH3 is 1. The number of halogens is 1. The predicted molar refractivity (Wildman–Crippen MR) is 61.5 cm³/mol. The van der Waals surface area contributed by atoms with Crippen molar-refractivity contribution in [2.75, 3.05) is 20.3 Å². The molecule has 5 heteroatoms. The predicted octanol–water partition coefficient (Wildman–Crippen LogP) is 2.21. The zero-order chi connectivity index (χ0) is 11.8. The fourth-order valence-corrected chi connectivity index (χ4v) is 1.33. The summed E-state index contributed by atoms with van der Waals surface area (Å²) >= 11 is 5.82. The number of carbonyl (C=O) groups excluding carboxylic acids is 1. The molecule has 0 unspecified atom stereocenters. The Balaban J connectivity index is 2.14. The summed E-state index contributed by atoms with van der Waals surface area (Å²) in [5.74, 6) is 0. The summed E-state index contributed by atoms with van der Waals surface area (Å²) in [5, 5.41) is 3.21. The number of rotatable bonds is 5. The van der Waals surface area contributed by atoms with E-state index < -0.39 is 6.09 Å². The Labute approximate surface area is 99.5 Å². The van der Waals surface area contributed by atoms with Crippen molar-refractivity contribution in [1.29, 1.82) is 0 Å². The van der Waals surface area contributed by atoms with Gasteiger partial charge in [0, 0.05) is 11.6 Å².